The fourth-order valence-electron chi connectivity index (χ4n) is 2.62. The maximum Gasteiger partial charge on any atom is 0.337 e. The normalized spacial score (nSPS) is 18.8. The molecule has 1 unspecified atom stereocenters. The molecular weight excluding hydrogens is 332 g/mol. The standard InChI is InChI=1S/C16H22N2O5S/c1-18(14-8-10-24(21,22)11-14)15(19)7-9-17-13-5-3-12(4-6-13)16(20)23-2/h3-6,14,17H,7-11H2,1-2H3. The van der Waals surface area contributed by atoms with Gasteiger partial charge in [0.2, 0.25) is 5.91 Å². The zero-order valence-electron chi connectivity index (χ0n) is 13.8. The van der Waals surface area contributed by atoms with Crippen LogP contribution in [0.25, 0.3) is 0 Å². The molecule has 0 aromatic heterocycles. The number of sulfone groups is 1. The van der Waals surface area contributed by atoms with E-state index < -0.39 is 15.8 Å². The van der Waals surface area contributed by atoms with Crippen molar-refractivity contribution < 1.29 is 22.7 Å². The first-order valence-electron chi connectivity index (χ1n) is 7.71. The zero-order valence-corrected chi connectivity index (χ0v) is 14.6. The molecule has 7 nitrogen and oxygen atoms in total. The van der Waals surface area contributed by atoms with E-state index in [1.54, 1.807) is 31.3 Å². The second kappa shape index (κ2) is 7.65. The lowest BCUT2D eigenvalue weighted by Gasteiger charge is -2.23. The minimum absolute atomic E-state index is 0.0532. The number of hydrogen-bond donors (Lipinski definition) is 1. The van der Waals surface area contributed by atoms with Crippen LogP contribution in [0.3, 0.4) is 0 Å². The summed E-state index contributed by atoms with van der Waals surface area (Å²) in [6.45, 7) is 0.431. The molecule has 1 N–H and O–H groups in total. The van der Waals surface area contributed by atoms with Crippen LogP contribution >= 0.6 is 0 Å². The minimum atomic E-state index is -3.00. The average molecular weight is 354 g/mol. The molecule has 0 aliphatic carbocycles. The zero-order chi connectivity index (χ0) is 17.7. The Hall–Kier alpha value is -2.09. The van der Waals surface area contributed by atoms with Gasteiger partial charge in [0.05, 0.1) is 24.2 Å². The average Bonchev–Trinajstić information content (AvgIpc) is 2.93. The van der Waals surface area contributed by atoms with E-state index >= 15 is 0 Å². The summed E-state index contributed by atoms with van der Waals surface area (Å²) in [4.78, 5) is 25.0. The van der Waals surface area contributed by atoms with E-state index in [9.17, 15) is 18.0 Å². The number of amides is 1. The van der Waals surface area contributed by atoms with Crippen molar-refractivity contribution in [1.29, 1.82) is 0 Å². The van der Waals surface area contributed by atoms with Crippen molar-refractivity contribution in [3.63, 3.8) is 0 Å². The first-order valence-corrected chi connectivity index (χ1v) is 9.53. The third kappa shape index (κ3) is 4.70. The Bertz CT molecular complexity index is 700. The SMILES string of the molecule is COC(=O)c1ccc(NCCC(=O)N(C)C2CCS(=O)(=O)C2)cc1. The molecule has 1 heterocycles. The van der Waals surface area contributed by atoms with Crippen LogP contribution in [0.15, 0.2) is 24.3 Å². The molecule has 2 rings (SSSR count). The van der Waals surface area contributed by atoms with Gasteiger partial charge in [-0.1, -0.05) is 0 Å². The van der Waals surface area contributed by atoms with Crippen molar-refractivity contribution >= 4 is 27.4 Å². The molecule has 1 aromatic rings. The highest BCUT2D eigenvalue weighted by Gasteiger charge is 2.32. The van der Waals surface area contributed by atoms with E-state index in [1.165, 1.54) is 12.0 Å². The lowest BCUT2D eigenvalue weighted by molar-refractivity contribution is -0.131. The highest BCUT2D eigenvalue weighted by molar-refractivity contribution is 7.91. The van der Waals surface area contributed by atoms with Crippen LogP contribution in [0, 0.1) is 0 Å². The lowest BCUT2D eigenvalue weighted by Crippen LogP contribution is -2.38. The number of nitrogens with zero attached hydrogens (tertiary/aromatic N) is 1. The molecule has 1 aliphatic rings. The van der Waals surface area contributed by atoms with Gasteiger partial charge in [0, 0.05) is 31.7 Å². The Balaban J connectivity index is 1.79. The fourth-order valence-corrected chi connectivity index (χ4v) is 4.39. The van der Waals surface area contributed by atoms with Crippen LogP contribution in [0.4, 0.5) is 5.69 Å². The monoisotopic (exact) mass is 354 g/mol. The Labute approximate surface area is 141 Å². The van der Waals surface area contributed by atoms with Crippen LogP contribution in [0.5, 0.6) is 0 Å². The summed E-state index contributed by atoms with van der Waals surface area (Å²) in [6, 6.07) is 6.55. The predicted octanol–water partition coefficient (Wildman–Crippen LogP) is 0.921. The van der Waals surface area contributed by atoms with Gasteiger partial charge in [-0.05, 0) is 30.7 Å². The molecule has 0 spiro atoms. The topological polar surface area (TPSA) is 92.8 Å². The second-order valence-corrected chi connectivity index (χ2v) is 8.04. The molecule has 1 aromatic carbocycles. The summed E-state index contributed by atoms with van der Waals surface area (Å²) in [5, 5.41) is 3.10. The van der Waals surface area contributed by atoms with Gasteiger partial charge in [-0.15, -0.1) is 0 Å². The van der Waals surface area contributed by atoms with Gasteiger partial charge >= 0.3 is 5.97 Å². The first-order chi connectivity index (χ1) is 11.3. The number of hydrogen-bond acceptors (Lipinski definition) is 6. The van der Waals surface area contributed by atoms with E-state index in [4.69, 9.17) is 0 Å². The third-order valence-electron chi connectivity index (χ3n) is 4.12. The quantitative estimate of drug-likeness (QED) is 0.764. The van der Waals surface area contributed by atoms with Crippen molar-refractivity contribution in [3.8, 4) is 0 Å². The van der Waals surface area contributed by atoms with Crippen molar-refractivity contribution in [1.82, 2.24) is 4.90 Å². The number of nitrogens with one attached hydrogen (secondary N) is 1. The van der Waals surface area contributed by atoms with Crippen LogP contribution < -0.4 is 5.32 Å². The minimum Gasteiger partial charge on any atom is -0.465 e. The summed E-state index contributed by atoms with van der Waals surface area (Å²) in [5.74, 6) is -0.279. The van der Waals surface area contributed by atoms with Gasteiger partial charge in [0.25, 0.3) is 0 Å². The largest absolute Gasteiger partial charge is 0.465 e. The van der Waals surface area contributed by atoms with Crippen LogP contribution in [-0.4, -0.2) is 63.4 Å². The lowest BCUT2D eigenvalue weighted by atomic mass is 10.2. The van der Waals surface area contributed by atoms with Gasteiger partial charge in [-0.25, -0.2) is 13.2 Å². The van der Waals surface area contributed by atoms with E-state index in [-0.39, 0.29) is 29.9 Å². The number of carbonyl (C=O) groups is 2. The second-order valence-electron chi connectivity index (χ2n) is 5.81. The Kier molecular flexibility index (Phi) is 5.82. The molecule has 1 atom stereocenters. The molecule has 1 amide bonds. The van der Waals surface area contributed by atoms with Gasteiger partial charge < -0.3 is 15.0 Å². The summed E-state index contributed by atoms with van der Waals surface area (Å²) < 4.78 is 27.6. The molecule has 8 heteroatoms. The van der Waals surface area contributed by atoms with Gasteiger partial charge in [0.15, 0.2) is 9.84 Å². The summed E-state index contributed by atoms with van der Waals surface area (Å²) in [5.41, 5.74) is 1.25. The van der Waals surface area contributed by atoms with E-state index in [1.807, 2.05) is 0 Å². The predicted molar refractivity (Wildman–Crippen MR) is 90.7 cm³/mol. The molecule has 0 saturated carbocycles. The van der Waals surface area contributed by atoms with E-state index in [0.717, 1.165) is 5.69 Å². The Morgan fingerprint density at radius 2 is 1.96 bits per heavy atom. The van der Waals surface area contributed by atoms with Crippen molar-refractivity contribution in [3.05, 3.63) is 29.8 Å². The van der Waals surface area contributed by atoms with Crippen LogP contribution in [0.2, 0.25) is 0 Å². The van der Waals surface area contributed by atoms with Crippen molar-refractivity contribution in [2.75, 3.05) is 37.5 Å². The van der Waals surface area contributed by atoms with Crippen LogP contribution in [-0.2, 0) is 19.4 Å². The maximum atomic E-state index is 12.1. The Morgan fingerprint density at radius 1 is 1.29 bits per heavy atom. The molecular formula is C16H22N2O5S. The number of ether oxygens (including phenoxy) is 1. The molecule has 0 radical (unpaired) electrons. The van der Waals surface area contributed by atoms with Crippen LogP contribution in [0.1, 0.15) is 23.2 Å². The Morgan fingerprint density at radius 3 is 2.50 bits per heavy atom. The summed E-state index contributed by atoms with van der Waals surface area (Å²) >= 11 is 0. The number of rotatable bonds is 6. The van der Waals surface area contributed by atoms with Crippen molar-refractivity contribution in [2.45, 2.75) is 18.9 Å². The summed E-state index contributed by atoms with van der Waals surface area (Å²) in [6.07, 6.45) is 0.777. The highest BCUT2D eigenvalue weighted by atomic mass is 32.2. The van der Waals surface area contributed by atoms with Gasteiger partial charge in [-0.2, -0.15) is 0 Å². The molecule has 0 bridgehead atoms. The smallest absolute Gasteiger partial charge is 0.337 e. The number of esters is 1. The number of anilines is 1. The molecule has 1 fully saturated rings. The number of carbonyl (C=O) groups excluding carboxylic acids is 2. The third-order valence-corrected chi connectivity index (χ3v) is 5.87. The summed E-state index contributed by atoms with van der Waals surface area (Å²) in [7, 11) is -0.0208. The highest BCUT2D eigenvalue weighted by Crippen LogP contribution is 2.17. The number of methoxy groups -OCH3 is 1. The van der Waals surface area contributed by atoms with Gasteiger partial charge in [-0.3, -0.25) is 4.79 Å². The fraction of sp³-hybridized carbons (Fsp3) is 0.500. The van der Waals surface area contributed by atoms with Gasteiger partial charge in [0.1, 0.15) is 0 Å². The van der Waals surface area contributed by atoms with E-state index in [0.29, 0.717) is 18.5 Å². The van der Waals surface area contributed by atoms with E-state index in [2.05, 4.69) is 10.1 Å². The molecule has 24 heavy (non-hydrogen) atoms. The number of benzene rings is 1. The maximum absolute atomic E-state index is 12.1. The first kappa shape index (κ1) is 18.3. The molecule has 1 saturated heterocycles. The molecule has 132 valence electrons. The molecule has 1 aliphatic heterocycles. The van der Waals surface area contributed by atoms with Crippen molar-refractivity contribution in [2.24, 2.45) is 0 Å².